The molecule has 0 radical (unpaired) electrons. The van der Waals surface area contributed by atoms with E-state index in [1.54, 1.807) is 0 Å². The Balaban J connectivity index is 1.01. The molecule has 0 aliphatic carbocycles. The fourth-order valence-electron chi connectivity index (χ4n) is 9.05. The molecule has 0 N–H and O–H groups in total. The van der Waals surface area contributed by atoms with Crippen LogP contribution in [0.1, 0.15) is 0 Å². The first kappa shape index (κ1) is 31.7. The molecule has 0 fully saturated rings. The number of nitrogens with zero attached hydrogens (tertiary/aromatic N) is 2. The smallest absolute Gasteiger partial charge is 0.137 e. The van der Waals surface area contributed by atoms with E-state index in [2.05, 4.69) is 204 Å². The maximum absolute atomic E-state index is 6.40. The van der Waals surface area contributed by atoms with Crippen molar-refractivity contribution < 1.29 is 4.42 Å². The highest BCUT2D eigenvalue weighted by atomic mass is 16.3. The van der Waals surface area contributed by atoms with Crippen molar-refractivity contribution >= 4 is 93.1 Å². The summed E-state index contributed by atoms with van der Waals surface area (Å²) in [5, 5.41) is 12.2. The first-order valence-corrected chi connectivity index (χ1v) is 19.5. The minimum atomic E-state index is 0.872. The van der Waals surface area contributed by atoms with Crippen molar-refractivity contribution in [2.75, 3.05) is 4.90 Å². The van der Waals surface area contributed by atoms with E-state index in [-0.39, 0.29) is 0 Å². The average molecular weight is 727 g/mol. The lowest BCUT2D eigenvalue weighted by atomic mass is 10.0. The minimum Gasteiger partial charge on any atom is -0.456 e. The fraction of sp³-hybridized carbons (Fsp3) is 0. The molecule has 2 heterocycles. The predicted octanol–water partition coefficient (Wildman–Crippen LogP) is 15.3. The van der Waals surface area contributed by atoms with Gasteiger partial charge in [0.05, 0.1) is 11.0 Å². The van der Waals surface area contributed by atoms with Crippen molar-refractivity contribution in [1.82, 2.24) is 4.57 Å². The molecular weight excluding hydrogens is 693 g/mol. The van der Waals surface area contributed by atoms with Crippen molar-refractivity contribution in [3.8, 4) is 16.8 Å². The zero-order valence-electron chi connectivity index (χ0n) is 30.9. The fourth-order valence-corrected chi connectivity index (χ4v) is 9.05. The standard InChI is InChI=1S/C54H34N2O/c1-2-12-40(13-3-1)56-51-33-38(23-28-47(51)50-29-22-37-11-5-7-15-46(37)54(50)56)35-20-24-41(25-21-35)55(43-27-31-49-48-16-8-9-17-52(48)57-53(49)34-43)42-26-30-45-39(32-42)19-18-36-10-4-6-14-44(36)45/h1-34H. The molecule has 10 aromatic carbocycles. The summed E-state index contributed by atoms with van der Waals surface area (Å²) in [5.41, 5.74) is 10.9. The highest BCUT2D eigenvalue weighted by molar-refractivity contribution is 6.19. The van der Waals surface area contributed by atoms with Crippen molar-refractivity contribution in [2.24, 2.45) is 0 Å². The summed E-state index contributed by atoms with van der Waals surface area (Å²) in [5.74, 6) is 0. The molecule has 57 heavy (non-hydrogen) atoms. The van der Waals surface area contributed by atoms with Crippen LogP contribution in [0.5, 0.6) is 0 Å². The zero-order valence-corrected chi connectivity index (χ0v) is 30.9. The monoisotopic (exact) mass is 726 g/mol. The van der Waals surface area contributed by atoms with Crippen LogP contribution in [0.2, 0.25) is 0 Å². The van der Waals surface area contributed by atoms with Crippen molar-refractivity contribution in [3.05, 3.63) is 206 Å². The van der Waals surface area contributed by atoms with Gasteiger partial charge in [0.1, 0.15) is 11.2 Å². The number of furan rings is 1. The molecule has 0 atom stereocenters. The second kappa shape index (κ2) is 12.5. The van der Waals surface area contributed by atoms with E-state index in [0.29, 0.717) is 0 Å². The van der Waals surface area contributed by atoms with Crippen LogP contribution in [0.15, 0.2) is 211 Å². The Bertz CT molecular complexity index is 3520. The van der Waals surface area contributed by atoms with Gasteiger partial charge >= 0.3 is 0 Å². The lowest BCUT2D eigenvalue weighted by Crippen LogP contribution is -2.09. The van der Waals surface area contributed by atoms with Gasteiger partial charge in [0.25, 0.3) is 0 Å². The van der Waals surface area contributed by atoms with E-state index >= 15 is 0 Å². The normalized spacial score (nSPS) is 11.9. The molecule has 0 amide bonds. The van der Waals surface area contributed by atoms with Gasteiger partial charge in [0.2, 0.25) is 0 Å². The Labute approximate surface area is 328 Å². The molecular formula is C54H34N2O. The van der Waals surface area contributed by atoms with Gasteiger partial charge in [-0.25, -0.2) is 0 Å². The molecule has 12 aromatic rings. The number of hydrogen-bond acceptors (Lipinski definition) is 2. The number of fused-ring (bicyclic) bond motifs is 11. The van der Waals surface area contributed by atoms with E-state index in [4.69, 9.17) is 4.42 Å². The third kappa shape index (κ3) is 4.99. The van der Waals surface area contributed by atoms with E-state index in [1.165, 1.54) is 59.7 Å². The van der Waals surface area contributed by atoms with Gasteiger partial charge in [0, 0.05) is 55.7 Å². The summed E-state index contributed by atoms with van der Waals surface area (Å²) in [6.45, 7) is 0. The van der Waals surface area contributed by atoms with Gasteiger partial charge in [-0.1, -0.05) is 140 Å². The molecule has 0 saturated heterocycles. The van der Waals surface area contributed by atoms with E-state index < -0.39 is 0 Å². The Morgan fingerprint density at radius 2 is 0.895 bits per heavy atom. The molecule has 3 heteroatoms. The number of aromatic nitrogens is 1. The summed E-state index contributed by atoms with van der Waals surface area (Å²) >= 11 is 0. The van der Waals surface area contributed by atoms with Crippen LogP contribution in [-0.4, -0.2) is 4.57 Å². The summed E-state index contributed by atoms with van der Waals surface area (Å²) < 4.78 is 8.84. The average Bonchev–Trinajstić information content (AvgIpc) is 3.82. The number of hydrogen-bond donors (Lipinski definition) is 0. The van der Waals surface area contributed by atoms with E-state index in [1.807, 2.05) is 12.1 Å². The van der Waals surface area contributed by atoms with Crippen LogP contribution >= 0.6 is 0 Å². The SMILES string of the molecule is c1ccc(-n2c3cc(-c4ccc(N(c5ccc6c(ccc7ccccc76)c5)c5ccc6c(c5)oc5ccccc56)cc4)ccc3c3ccc4ccccc4c32)cc1. The van der Waals surface area contributed by atoms with Gasteiger partial charge in [-0.3, -0.25) is 0 Å². The molecule has 0 saturated carbocycles. The third-order valence-electron chi connectivity index (χ3n) is 11.7. The van der Waals surface area contributed by atoms with Gasteiger partial charge in [-0.05, 0) is 98.7 Å². The topological polar surface area (TPSA) is 21.3 Å². The van der Waals surface area contributed by atoms with Crippen molar-refractivity contribution in [2.45, 2.75) is 0 Å². The molecule has 0 unspecified atom stereocenters. The molecule has 12 rings (SSSR count). The van der Waals surface area contributed by atoms with Gasteiger partial charge < -0.3 is 13.9 Å². The molecule has 0 aliphatic rings. The van der Waals surface area contributed by atoms with Gasteiger partial charge in [-0.2, -0.15) is 0 Å². The first-order valence-electron chi connectivity index (χ1n) is 19.5. The maximum Gasteiger partial charge on any atom is 0.137 e. The Morgan fingerprint density at radius 1 is 0.333 bits per heavy atom. The Kier molecular flexibility index (Phi) is 6.93. The van der Waals surface area contributed by atoms with Crippen LogP contribution in [0.3, 0.4) is 0 Å². The molecule has 2 aromatic heterocycles. The molecule has 3 nitrogen and oxygen atoms in total. The van der Waals surface area contributed by atoms with E-state index in [0.717, 1.165) is 50.3 Å². The summed E-state index contributed by atoms with van der Waals surface area (Å²) in [4.78, 5) is 2.34. The van der Waals surface area contributed by atoms with Crippen molar-refractivity contribution in [1.29, 1.82) is 0 Å². The van der Waals surface area contributed by atoms with Crippen LogP contribution in [0, 0.1) is 0 Å². The zero-order chi connectivity index (χ0) is 37.5. The van der Waals surface area contributed by atoms with Crippen LogP contribution < -0.4 is 4.90 Å². The van der Waals surface area contributed by atoms with Crippen LogP contribution in [0.4, 0.5) is 17.1 Å². The Morgan fingerprint density at radius 3 is 1.74 bits per heavy atom. The molecule has 0 aliphatic heterocycles. The highest BCUT2D eigenvalue weighted by Crippen LogP contribution is 2.42. The minimum absolute atomic E-state index is 0.872. The van der Waals surface area contributed by atoms with Crippen molar-refractivity contribution in [3.63, 3.8) is 0 Å². The van der Waals surface area contributed by atoms with Crippen LogP contribution in [0.25, 0.3) is 92.9 Å². The maximum atomic E-state index is 6.40. The molecule has 266 valence electrons. The predicted molar refractivity (Wildman–Crippen MR) is 241 cm³/mol. The number of benzene rings is 10. The van der Waals surface area contributed by atoms with Crippen LogP contribution in [-0.2, 0) is 0 Å². The quantitative estimate of drug-likeness (QED) is 0.165. The highest BCUT2D eigenvalue weighted by Gasteiger charge is 2.19. The first-order chi connectivity index (χ1) is 28.2. The van der Waals surface area contributed by atoms with E-state index in [9.17, 15) is 0 Å². The third-order valence-corrected chi connectivity index (χ3v) is 11.7. The van der Waals surface area contributed by atoms with Gasteiger partial charge in [-0.15, -0.1) is 0 Å². The number of anilines is 3. The van der Waals surface area contributed by atoms with Gasteiger partial charge in [0.15, 0.2) is 0 Å². The lowest BCUT2D eigenvalue weighted by Gasteiger charge is -2.26. The molecule has 0 bridgehead atoms. The summed E-state index contributed by atoms with van der Waals surface area (Å²) in [6.07, 6.45) is 0. The summed E-state index contributed by atoms with van der Waals surface area (Å²) in [6, 6.07) is 74.6. The summed E-state index contributed by atoms with van der Waals surface area (Å²) in [7, 11) is 0. The molecule has 0 spiro atoms. The largest absolute Gasteiger partial charge is 0.456 e. The second-order valence-corrected chi connectivity index (χ2v) is 14.9. The Hall–Kier alpha value is -7.62. The lowest BCUT2D eigenvalue weighted by molar-refractivity contribution is 0.669. The second-order valence-electron chi connectivity index (χ2n) is 14.9. The number of rotatable bonds is 5. The number of para-hydroxylation sites is 2.